The number of ether oxygens (including phenoxy) is 3. The van der Waals surface area contributed by atoms with Gasteiger partial charge in [-0.05, 0) is 43.5 Å². The zero-order valence-electron chi connectivity index (χ0n) is 15.5. The zero-order chi connectivity index (χ0) is 19.4. The van der Waals surface area contributed by atoms with Crippen LogP contribution in [-0.4, -0.2) is 55.2 Å². The summed E-state index contributed by atoms with van der Waals surface area (Å²) in [7, 11) is 1.31. The summed E-state index contributed by atoms with van der Waals surface area (Å²) in [6, 6.07) is 5.21. The number of nitrogens with zero attached hydrogens (tertiary/aromatic N) is 1. The highest BCUT2D eigenvalue weighted by Crippen LogP contribution is 2.39. The van der Waals surface area contributed by atoms with Gasteiger partial charge in [-0.1, -0.05) is 6.07 Å². The Bertz CT molecular complexity index is 787. The number of hydrogen-bond acceptors (Lipinski definition) is 6. The molecule has 1 saturated heterocycles. The van der Waals surface area contributed by atoms with Crippen LogP contribution in [0, 0.1) is 0 Å². The van der Waals surface area contributed by atoms with Crippen LogP contribution in [0.4, 0.5) is 4.79 Å². The van der Waals surface area contributed by atoms with E-state index in [1.165, 1.54) is 13.2 Å². The fourth-order valence-electron chi connectivity index (χ4n) is 3.54. The van der Waals surface area contributed by atoms with Crippen LogP contribution in [0.5, 0.6) is 5.75 Å². The van der Waals surface area contributed by atoms with Crippen LogP contribution in [0.25, 0.3) is 6.08 Å². The van der Waals surface area contributed by atoms with E-state index in [1.54, 1.807) is 36.1 Å². The number of piperidine rings is 1. The van der Waals surface area contributed by atoms with E-state index in [1.807, 2.05) is 0 Å². The molecule has 0 aromatic heterocycles. The van der Waals surface area contributed by atoms with E-state index < -0.39 is 11.6 Å². The summed E-state index contributed by atoms with van der Waals surface area (Å²) in [5, 5.41) is 0. The van der Waals surface area contributed by atoms with Crippen LogP contribution in [0.15, 0.2) is 24.3 Å². The van der Waals surface area contributed by atoms with Crippen LogP contribution in [0.3, 0.4) is 0 Å². The SMILES string of the molecule is CCOC(=O)N1CCCC2(CC(=O)c3cc(C=CC(=O)OC)ccc3O2)C1. The molecular weight excluding hydrogens is 350 g/mol. The average molecular weight is 373 g/mol. The van der Waals surface area contributed by atoms with Gasteiger partial charge in [0.15, 0.2) is 5.78 Å². The van der Waals surface area contributed by atoms with Gasteiger partial charge in [0.05, 0.1) is 32.2 Å². The number of amides is 1. The van der Waals surface area contributed by atoms with Crippen LogP contribution in [0.2, 0.25) is 0 Å². The van der Waals surface area contributed by atoms with E-state index >= 15 is 0 Å². The number of hydrogen-bond donors (Lipinski definition) is 0. The molecule has 2 aliphatic heterocycles. The topological polar surface area (TPSA) is 82.1 Å². The average Bonchev–Trinajstić information content (AvgIpc) is 2.66. The Hall–Kier alpha value is -2.83. The quantitative estimate of drug-likeness (QED) is 0.599. The van der Waals surface area contributed by atoms with E-state index in [0.29, 0.717) is 43.0 Å². The third-order valence-corrected chi connectivity index (χ3v) is 4.79. The predicted molar refractivity (Wildman–Crippen MR) is 97.6 cm³/mol. The van der Waals surface area contributed by atoms with Gasteiger partial charge in [0.2, 0.25) is 0 Å². The number of likely N-dealkylation sites (tertiary alicyclic amines) is 1. The normalized spacial score (nSPS) is 21.7. The molecule has 0 N–H and O–H groups in total. The first-order valence-electron chi connectivity index (χ1n) is 9.00. The Morgan fingerprint density at radius 3 is 2.93 bits per heavy atom. The van der Waals surface area contributed by atoms with Crippen molar-refractivity contribution >= 4 is 23.9 Å². The number of Topliss-reactive ketones (excluding diaryl/α,β-unsaturated/α-hetero) is 1. The molecule has 2 heterocycles. The Morgan fingerprint density at radius 2 is 2.19 bits per heavy atom. The van der Waals surface area contributed by atoms with Crippen molar-refractivity contribution in [2.45, 2.75) is 31.8 Å². The van der Waals surface area contributed by atoms with Gasteiger partial charge >= 0.3 is 12.1 Å². The maximum Gasteiger partial charge on any atom is 0.409 e. The summed E-state index contributed by atoms with van der Waals surface area (Å²) in [4.78, 5) is 37.7. The highest BCUT2D eigenvalue weighted by Gasteiger charge is 2.45. The number of esters is 1. The lowest BCUT2D eigenvalue weighted by atomic mass is 9.83. The van der Waals surface area contributed by atoms with Crippen molar-refractivity contribution in [1.29, 1.82) is 0 Å². The summed E-state index contributed by atoms with van der Waals surface area (Å²) in [6.07, 6.45) is 4.18. The second-order valence-electron chi connectivity index (χ2n) is 6.72. The molecule has 3 rings (SSSR count). The van der Waals surface area contributed by atoms with Gasteiger partial charge in [-0.25, -0.2) is 9.59 Å². The van der Waals surface area contributed by atoms with Gasteiger partial charge in [0, 0.05) is 12.6 Å². The minimum absolute atomic E-state index is 0.0322. The van der Waals surface area contributed by atoms with Crippen molar-refractivity contribution < 1.29 is 28.6 Å². The number of methoxy groups -OCH3 is 1. The van der Waals surface area contributed by atoms with E-state index in [-0.39, 0.29) is 18.3 Å². The zero-order valence-corrected chi connectivity index (χ0v) is 15.5. The Morgan fingerprint density at radius 1 is 1.37 bits per heavy atom. The fourth-order valence-corrected chi connectivity index (χ4v) is 3.54. The number of ketones is 1. The molecule has 1 fully saturated rings. The first-order chi connectivity index (χ1) is 13.0. The molecule has 0 bridgehead atoms. The molecule has 0 radical (unpaired) electrons. The van der Waals surface area contributed by atoms with Crippen molar-refractivity contribution in [3.63, 3.8) is 0 Å². The Kier molecular flexibility index (Phi) is 5.48. The number of benzene rings is 1. The molecule has 1 atom stereocenters. The fraction of sp³-hybridized carbons (Fsp3) is 0.450. The molecule has 1 aromatic carbocycles. The van der Waals surface area contributed by atoms with Crippen LogP contribution in [0.1, 0.15) is 42.1 Å². The lowest BCUT2D eigenvalue weighted by molar-refractivity contribution is -0.134. The number of carbonyl (C=O) groups is 3. The first-order valence-corrected chi connectivity index (χ1v) is 9.00. The molecule has 1 amide bonds. The molecule has 0 saturated carbocycles. The molecule has 2 aliphatic rings. The van der Waals surface area contributed by atoms with Gasteiger partial charge in [0.25, 0.3) is 0 Å². The predicted octanol–water partition coefficient (Wildman–Crippen LogP) is 2.83. The van der Waals surface area contributed by atoms with Crippen molar-refractivity contribution in [3.05, 3.63) is 35.4 Å². The summed E-state index contributed by atoms with van der Waals surface area (Å²) in [5.74, 6) is 0.0120. The van der Waals surface area contributed by atoms with Gasteiger partial charge in [-0.2, -0.15) is 0 Å². The highest BCUT2D eigenvalue weighted by molar-refractivity contribution is 6.01. The summed E-state index contributed by atoms with van der Waals surface area (Å²) >= 11 is 0. The molecule has 27 heavy (non-hydrogen) atoms. The first kappa shape index (κ1) is 18.9. The minimum Gasteiger partial charge on any atom is -0.484 e. The lowest BCUT2D eigenvalue weighted by Gasteiger charge is -2.44. The monoisotopic (exact) mass is 373 g/mol. The number of fused-ring (bicyclic) bond motifs is 1. The number of carbonyl (C=O) groups excluding carboxylic acids is 3. The van der Waals surface area contributed by atoms with Crippen LogP contribution in [-0.2, 0) is 14.3 Å². The lowest BCUT2D eigenvalue weighted by Crippen LogP contribution is -2.56. The van der Waals surface area contributed by atoms with E-state index in [2.05, 4.69) is 4.74 Å². The summed E-state index contributed by atoms with van der Waals surface area (Å²) in [6.45, 7) is 3.01. The Balaban J connectivity index is 1.80. The van der Waals surface area contributed by atoms with E-state index in [0.717, 1.165) is 6.42 Å². The Labute approximate surface area is 157 Å². The highest BCUT2D eigenvalue weighted by atomic mass is 16.6. The van der Waals surface area contributed by atoms with Crippen molar-refractivity contribution in [1.82, 2.24) is 4.90 Å². The summed E-state index contributed by atoms with van der Waals surface area (Å²) in [5.41, 5.74) is 0.489. The van der Waals surface area contributed by atoms with E-state index in [9.17, 15) is 14.4 Å². The molecule has 7 heteroatoms. The second kappa shape index (κ2) is 7.82. The van der Waals surface area contributed by atoms with Gasteiger partial charge < -0.3 is 19.1 Å². The van der Waals surface area contributed by atoms with Crippen molar-refractivity contribution in [2.75, 3.05) is 26.8 Å². The van der Waals surface area contributed by atoms with Gasteiger partial charge in [0.1, 0.15) is 11.4 Å². The number of rotatable bonds is 3. The van der Waals surface area contributed by atoms with Crippen LogP contribution >= 0.6 is 0 Å². The second-order valence-corrected chi connectivity index (χ2v) is 6.72. The van der Waals surface area contributed by atoms with Gasteiger partial charge in [-0.15, -0.1) is 0 Å². The maximum atomic E-state index is 12.8. The largest absolute Gasteiger partial charge is 0.484 e. The molecule has 1 unspecified atom stereocenters. The molecule has 1 aromatic rings. The molecule has 7 nitrogen and oxygen atoms in total. The van der Waals surface area contributed by atoms with Crippen molar-refractivity contribution in [2.24, 2.45) is 0 Å². The molecular formula is C20H23NO6. The molecule has 1 spiro atoms. The third kappa shape index (κ3) is 4.13. The summed E-state index contributed by atoms with van der Waals surface area (Å²) < 4.78 is 15.9. The molecule has 144 valence electrons. The third-order valence-electron chi connectivity index (χ3n) is 4.79. The van der Waals surface area contributed by atoms with Gasteiger partial charge in [-0.3, -0.25) is 4.79 Å². The van der Waals surface area contributed by atoms with Crippen molar-refractivity contribution in [3.8, 4) is 5.75 Å². The smallest absolute Gasteiger partial charge is 0.409 e. The van der Waals surface area contributed by atoms with E-state index in [4.69, 9.17) is 9.47 Å². The molecule has 0 aliphatic carbocycles. The van der Waals surface area contributed by atoms with Crippen LogP contribution < -0.4 is 4.74 Å². The standard InChI is InChI=1S/C20H23NO6/c1-3-26-19(24)21-10-4-9-20(13-21)12-16(22)15-11-14(5-7-17(15)27-20)6-8-18(23)25-2/h5-8,11H,3-4,9-10,12-13H2,1-2H3. The maximum absolute atomic E-state index is 12.8. The minimum atomic E-state index is -0.710.